The van der Waals surface area contributed by atoms with Gasteiger partial charge in [-0.3, -0.25) is 4.79 Å². The number of fused-ring (bicyclic) bond motifs is 1. The molecule has 0 unspecified atom stereocenters. The van der Waals surface area contributed by atoms with E-state index >= 15 is 0 Å². The number of anilines is 1. The Morgan fingerprint density at radius 3 is 2.82 bits per heavy atom. The summed E-state index contributed by atoms with van der Waals surface area (Å²) in [7, 11) is 0. The molecule has 3 rings (SSSR count). The van der Waals surface area contributed by atoms with E-state index in [-0.39, 0.29) is 5.91 Å². The Balaban J connectivity index is 1.72. The molecule has 0 bridgehead atoms. The molecule has 3 nitrogen and oxygen atoms in total. The van der Waals surface area contributed by atoms with Gasteiger partial charge in [0.1, 0.15) is 11.1 Å². The molecule has 1 heterocycles. The van der Waals surface area contributed by atoms with Crippen LogP contribution in [0.25, 0.3) is 6.08 Å². The van der Waals surface area contributed by atoms with Crippen molar-refractivity contribution in [2.24, 2.45) is 0 Å². The van der Waals surface area contributed by atoms with Gasteiger partial charge in [0.05, 0.1) is 5.56 Å². The lowest BCUT2D eigenvalue weighted by atomic mass is 10.1. The molecule has 0 atom stereocenters. The molecule has 1 aliphatic carbocycles. The van der Waals surface area contributed by atoms with Crippen molar-refractivity contribution in [2.45, 2.75) is 19.3 Å². The number of nitrogens with zero attached hydrogens (tertiary/aromatic N) is 1. The van der Waals surface area contributed by atoms with Crippen molar-refractivity contribution < 1.29 is 4.79 Å². The number of halogens is 1. The lowest BCUT2D eigenvalue weighted by Crippen LogP contribution is -2.07. The van der Waals surface area contributed by atoms with Gasteiger partial charge in [-0.1, -0.05) is 28.1 Å². The topological polar surface area (TPSA) is 52.9 Å². The quantitative estimate of drug-likeness (QED) is 0.804. The Hall–Kier alpha value is -1.90. The van der Waals surface area contributed by atoms with E-state index in [4.69, 9.17) is 0 Å². The third-order valence-electron chi connectivity index (χ3n) is 3.57. The molecule has 1 aromatic heterocycles. The first-order valence-electron chi connectivity index (χ1n) is 6.96. The second kappa shape index (κ2) is 6.47. The van der Waals surface area contributed by atoms with Crippen LogP contribution in [-0.2, 0) is 17.6 Å². The number of carbonyl (C=O) groups excluding carboxylic acids is 1. The summed E-state index contributed by atoms with van der Waals surface area (Å²) in [5, 5.41) is 12.8. The maximum atomic E-state index is 12.0. The zero-order valence-corrected chi connectivity index (χ0v) is 14.1. The summed E-state index contributed by atoms with van der Waals surface area (Å²) in [6.07, 6.45) is 6.32. The molecule has 1 N–H and O–H groups in total. The van der Waals surface area contributed by atoms with Gasteiger partial charge in [0.2, 0.25) is 5.91 Å². The van der Waals surface area contributed by atoms with Gasteiger partial charge in [0.25, 0.3) is 0 Å². The average Bonchev–Trinajstić information content (AvgIpc) is 3.07. The fourth-order valence-corrected chi connectivity index (χ4v) is 4.02. The van der Waals surface area contributed by atoms with Crippen LogP contribution in [0.4, 0.5) is 5.00 Å². The molecular weight excluding hydrogens is 360 g/mol. The molecule has 0 radical (unpaired) electrons. The van der Waals surface area contributed by atoms with Gasteiger partial charge in [-0.05, 0) is 48.6 Å². The van der Waals surface area contributed by atoms with E-state index in [9.17, 15) is 10.1 Å². The lowest BCUT2D eigenvalue weighted by Gasteiger charge is -2.00. The molecule has 110 valence electrons. The molecule has 2 aromatic rings. The molecule has 1 amide bonds. The Morgan fingerprint density at radius 2 is 2.09 bits per heavy atom. The Bertz CT molecular complexity index is 784. The highest BCUT2D eigenvalue weighted by Crippen LogP contribution is 2.38. The van der Waals surface area contributed by atoms with E-state index in [2.05, 4.69) is 27.3 Å². The van der Waals surface area contributed by atoms with E-state index in [0.29, 0.717) is 10.6 Å². The number of aryl methyl sites for hydroxylation is 1. The molecule has 5 heteroatoms. The molecule has 0 spiro atoms. The molecule has 0 fully saturated rings. The molecule has 1 aromatic carbocycles. The Labute approximate surface area is 141 Å². The van der Waals surface area contributed by atoms with Crippen LogP contribution in [-0.4, -0.2) is 5.91 Å². The fourth-order valence-electron chi connectivity index (χ4n) is 2.51. The van der Waals surface area contributed by atoms with Crippen LogP contribution in [0, 0.1) is 11.3 Å². The number of thiophene rings is 1. The number of rotatable bonds is 3. The van der Waals surface area contributed by atoms with Gasteiger partial charge in [-0.25, -0.2) is 0 Å². The highest BCUT2D eigenvalue weighted by molar-refractivity contribution is 9.10. The second-order valence-corrected chi connectivity index (χ2v) is 7.07. The third-order valence-corrected chi connectivity index (χ3v) is 5.30. The zero-order chi connectivity index (χ0) is 15.5. The van der Waals surface area contributed by atoms with Crippen molar-refractivity contribution in [3.63, 3.8) is 0 Å². The number of nitrogens with one attached hydrogen (secondary N) is 1. The summed E-state index contributed by atoms with van der Waals surface area (Å²) >= 11 is 4.90. The fraction of sp³-hybridized carbons (Fsp3) is 0.176. The molecule has 0 saturated carbocycles. The normalized spacial score (nSPS) is 13.1. The number of benzene rings is 1. The minimum atomic E-state index is -0.209. The van der Waals surface area contributed by atoms with Crippen LogP contribution in [0.1, 0.15) is 28.0 Å². The SMILES string of the molecule is N#Cc1c(NC(=O)C=Cc2ccc(Br)cc2)sc2c1CCC2. The highest BCUT2D eigenvalue weighted by Gasteiger charge is 2.22. The molecule has 22 heavy (non-hydrogen) atoms. The highest BCUT2D eigenvalue weighted by atomic mass is 79.9. The minimum absolute atomic E-state index is 0.209. The number of amides is 1. The standard InChI is InChI=1S/C17H13BrN2OS/c18-12-7-4-11(5-8-12)6-9-16(21)20-17-14(10-19)13-2-1-3-15(13)22-17/h4-9H,1-3H2,(H,20,21). The predicted molar refractivity (Wildman–Crippen MR) is 92.9 cm³/mol. The van der Waals surface area contributed by atoms with E-state index in [1.54, 1.807) is 6.08 Å². The lowest BCUT2D eigenvalue weighted by molar-refractivity contribution is -0.111. The van der Waals surface area contributed by atoms with Crippen molar-refractivity contribution in [1.29, 1.82) is 5.26 Å². The van der Waals surface area contributed by atoms with Gasteiger partial charge >= 0.3 is 0 Å². The maximum absolute atomic E-state index is 12.0. The number of carbonyl (C=O) groups is 1. The van der Waals surface area contributed by atoms with Crippen LogP contribution in [0.5, 0.6) is 0 Å². The van der Waals surface area contributed by atoms with Crippen molar-refractivity contribution in [3.05, 3.63) is 56.4 Å². The first-order chi connectivity index (χ1) is 10.7. The van der Waals surface area contributed by atoms with Gasteiger partial charge in [-0.2, -0.15) is 5.26 Å². The van der Waals surface area contributed by atoms with Crippen LogP contribution >= 0.6 is 27.3 Å². The predicted octanol–water partition coefficient (Wildman–Crippen LogP) is 4.52. The molecule has 0 saturated heterocycles. The minimum Gasteiger partial charge on any atom is -0.313 e. The van der Waals surface area contributed by atoms with Gasteiger partial charge in [-0.15, -0.1) is 11.3 Å². The van der Waals surface area contributed by atoms with Gasteiger partial charge in [0, 0.05) is 15.4 Å². The monoisotopic (exact) mass is 372 g/mol. The average molecular weight is 373 g/mol. The van der Waals surface area contributed by atoms with Crippen molar-refractivity contribution in [3.8, 4) is 6.07 Å². The summed E-state index contributed by atoms with van der Waals surface area (Å²) in [6.45, 7) is 0. The zero-order valence-electron chi connectivity index (χ0n) is 11.7. The maximum Gasteiger partial charge on any atom is 0.249 e. The van der Waals surface area contributed by atoms with Crippen molar-refractivity contribution in [1.82, 2.24) is 0 Å². The number of hydrogen-bond acceptors (Lipinski definition) is 3. The van der Waals surface area contributed by atoms with Gasteiger partial charge in [0.15, 0.2) is 0 Å². The smallest absolute Gasteiger partial charge is 0.249 e. The number of nitriles is 1. The summed E-state index contributed by atoms with van der Waals surface area (Å²) in [4.78, 5) is 13.3. The third kappa shape index (κ3) is 3.13. The van der Waals surface area contributed by atoms with Crippen molar-refractivity contribution in [2.75, 3.05) is 5.32 Å². The summed E-state index contributed by atoms with van der Waals surface area (Å²) in [5.74, 6) is -0.209. The van der Waals surface area contributed by atoms with E-state index < -0.39 is 0 Å². The Kier molecular flexibility index (Phi) is 4.41. The molecular formula is C17H13BrN2OS. The Morgan fingerprint density at radius 1 is 1.32 bits per heavy atom. The number of hydrogen-bond donors (Lipinski definition) is 1. The van der Waals surface area contributed by atoms with E-state index in [1.807, 2.05) is 24.3 Å². The largest absolute Gasteiger partial charge is 0.313 e. The van der Waals surface area contributed by atoms with Crippen LogP contribution in [0.3, 0.4) is 0 Å². The summed E-state index contributed by atoms with van der Waals surface area (Å²) in [5.41, 5.74) is 2.72. The first kappa shape index (κ1) is 15.0. The second-order valence-electron chi connectivity index (χ2n) is 5.05. The summed E-state index contributed by atoms with van der Waals surface area (Å²) in [6, 6.07) is 9.93. The van der Waals surface area contributed by atoms with Crippen LogP contribution in [0.2, 0.25) is 0 Å². The molecule has 0 aliphatic heterocycles. The van der Waals surface area contributed by atoms with E-state index in [1.165, 1.54) is 22.3 Å². The van der Waals surface area contributed by atoms with E-state index in [0.717, 1.165) is 34.9 Å². The van der Waals surface area contributed by atoms with Gasteiger partial charge < -0.3 is 5.32 Å². The summed E-state index contributed by atoms with van der Waals surface area (Å²) < 4.78 is 1.00. The molecule has 1 aliphatic rings. The van der Waals surface area contributed by atoms with Crippen molar-refractivity contribution >= 4 is 44.3 Å². The van der Waals surface area contributed by atoms with Crippen LogP contribution < -0.4 is 5.32 Å². The first-order valence-corrected chi connectivity index (χ1v) is 8.57. The van der Waals surface area contributed by atoms with Crippen LogP contribution in [0.15, 0.2) is 34.8 Å².